The highest BCUT2D eigenvalue weighted by Crippen LogP contribution is 2.49. The largest absolute Gasteiger partial charge is 0.399 e. The summed E-state index contributed by atoms with van der Waals surface area (Å²) in [6.45, 7) is 4.14. The fraction of sp³-hybridized carbons (Fsp3) is 0.235. The van der Waals surface area contributed by atoms with Crippen molar-refractivity contribution in [2.75, 3.05) is 11.5 Å². The molecule has 1 unspecified atom stereocenters. The Morgan fingerprint density at radius 2 is 1.76 bits per heavy atom. The Kier molecular flexibility index (Phi) is 2.90. The first kappa shape index (κ1) is 13.5. The van der Waals surface area contributed by atoms with E-state index in [0.717, 1.165) is 27.8 Å². The van der Waals surface area contributed by atoms with Gasteiger partial charge < -0.3 is 17.2 Å². The summed E-state index contributed by atoms with van der Waals surface area (Å²) in [6, 6.07) is 9.50. The smallest absolute Gasteiger partial charge is 0.229 e. The topological polar surface area (TPSA) is 95.1 Å². The summed E-state index contributed by atoms with van der Waals surface area (Å²) < 4.78 is 0. The van der Waals surface area contributed by atoms with Gasteiger partial charge in [-0.1, -0.05) is 26.0 Å². The van der Waals surface area contributed by atoms with Crippen LogP contribution in [-0.2, 0) is 4.79 Å². The van der Waals surface area contributed by atoms with Gasteiger partial charge in [0, 0.05) is 11.4 Å². The van der Waals surface area contributed by atoms with Crippen molar-refractivity contribution in [3.8, 4) is 11.1 Å². The Balaban J connectivity index is 2.38. The van der Waals surface area contributed by atoms with Crippen molar-refractivity contribution >= 4 is 17.3 Å². The van der Waals surface area contributed by atoms with Crippen LogP contribution < -0.4 is 17.2 Å². The third-order valence-corrected chi connectivity index (χ3v) is 4.15. The lowest BCUT2D eigenvalue weighted by Crippen LogP contribution is -2.22. The molecule has 21 heavy (non-hydrogen) atoms. The van der Waals surface area contributed by atoms with Crippen molar-refractivity contribution in [1.29, 1.82) is 0 Å². The number of carbonyl (C=O) groups is 1. The van der Waals surface area contributed by atoms with Crippen LogP contribution in [0.2, 0.25) is 0 Å². The van der Waals surface area contributed by atoms with E-state index in [2.05, 4.69) is 13.8 Å². The summed E-state index contributed by atoms with van der Waals surface area (Å²) >= 11 is 0. The lowest BCUT2D eigenvalue weighted by molar-refractivity contribution is -0.118. The average molecular weight is 281 g/mol. The summed E-state index contributed by atoms with van der Waals surface area (Å²) in [6.07, 6.45) is 0. The molecule has 2 aromatic carbocycles. The van der Waals surface area contributed by atoms with E-state index in [0.29, 0.717) is 11.4 Å². The van der Waals surface area contributed by atoms with Gasteiger partial charge in [0.25, 0.3) is 0 Å². The summed E-state index contributed by atoms with van der Waals surface area (Å²) in [7, 11) is 0. The van der Waals surface area contributed by atoms with Crippen LogP contribution in [-0.4, -0.2) is 5.91 Å². The molecule has 0 aliphatic heterocycles. The fourth-order valence-electron chi connectivity index (χ4n) is 3.36. The molecule has 6 N–H and O–H groups in total. The Labute approximate surface area is 123 Å². The molecule has 0 fully saturated rings. The molecule has 2 aromatic rings. The normalized spacial score (nSPS) is 15.9. The van der Waals surface area contributed by atoms with Crippen LogP contribution in [0.15, 0.2) is 30.3 Å². The third-order valence-electron chi connectivity index (χ3n) is 4.15. The Hall–Kier alpha value is -2.49. The van der Waals surface area contributed by atoms with Crippen molar-refractivity contribution < 1.29 is 4.79 Å². The van der Waals surface area contributed by atoms with E-state index in [4.69, 9.17) is 17.2 Å². The monoisotopic (exact) mass is 281 g/mol. The van der Waals surface area contributed by atoms with Crippen LogP contribution in [0.4, 0.5) is 11.4 Å². The minimum absolute atomic E-state index is 0.216. The molecule has 108 valence electrons. The summed E-state index contributed by atoms with van der Waals surface area (Å²) in [4.78, 5) is 12.1. The molecule has 0 heterocycles. The predicted octanol–water partition coefficient (Wildman–Crippen LogP) is 2.57. The fourth-order valence-corrected chi connectivity index (χ4v) is 3.36. The van der Waals surface area contributed by atoms with Gasteiger partial charge in [0.05, 0.1) is 5.92 Å². The highest BCUT2D eigenvalue weighted by Gasteiger charge is 2.35. The molecular weight excluding hydrogens is 262 g/mol. The molecule has 1 aliphatic carbocycles. The zero-order chi connectivity index (χ0) is 15.3. The molecule has 3 rings (SSSR count). The maximum atomic E-state index is 12.1. The minimum atomic E-state index is -0.473. The van der Waals surface area contributed by atoms with Crippen LogP contribution in [0.1, 0.15) is 42.4 Å². The minimum Gasteiger partial charge on any atom is -0.399 e. The van der Waals surface area contributed by atoms with Gasteiger partial charge in [-0.3, -0.25) is 4.79 Å². The molecule has 0 bridgehead atoms. The molecular formula is C17H19N3O. The first-order valence-corrected chi connectivity index (χ1v) is 7.03. The van der Waals surface area contributed by atoms with Crippen molar-refractivity contribution in [2.24, 2.45) is 5.73 Å². The van der Waals surface area contributed by atoms with Crippen molar-refractivity contribution in [3.63, 3.8) is 0 Å². The quantitative estimate of drug-likeness (QED) is 0.738. The number of nitrogen functional groups attached to an aromatic ring is 2. The average Bonchev–Trinajstić information content (AvgIpc) is 2.70. The second-order valence-electron chi connectivity index (χ2n) is 5.87. The van der Waals surface area contributed by atoms with Crippen LogP contribution in [0.3, 0.4) is 0 Å². The lowest BCUT2D eigenvalue weighted by Gasteiger charge is -2.19. The van der Waals surface area contributed by atoms with E-state index in [-0.39, 0.29) is 11.8 Å². The molecule has 1 aliphatic rings. The highest BCUT2D eigenvalue weighted by atomic mass is 16.1. The van der Waals surface area contributed by atoms with Crippen LogP contribution in [0.25, 0.3) is 11.1 Å². The molecule has 0 radical (unpaired) electrons. The number of carbonyl (C=O) groups excluding carboxylic acids is 1. The van der Waals surface area contributed by atoms with Crippen LogP contribution in [0, 0.1) is 0 Å². The first-order chi connectivity index (χ1) is 9.91. The van der Waals surface area contributed by atoms with Gasteiger partial charge in [-0.05, 0) is 51.9 Å². The number of amides is 1. The second kappa shape index (κ2) is 4.52. The van der Waals surface area contributed by atoms with Crippen molar-refractivity contribution in [3.05, 3.63) is 47.0 Å². The number of nitrogens with two attached hydrogens (primary N) is 3. The molecule has 1 amide bonds. The van der Waals surface area contributed by atoms with Gasteiger partial charge in [0.15, 0.2) is 0 Å². The van der Waals surface area contributed by atoms with Gasteiger partial charge in [-0.2, -0.15) is 0 Å². The molecule has 4 nitrogen and oxygen atoms in total. The molecule has 4 heteroatoms. The number of hydrogen-bond donors (Lipinski definition) is 3. The standard InChI is InChI=1S/C17H19N3O/c1-8(2)14-13(19)6-5-11-10-4-3-9(18)7-12(10)16(15(11)14)17(20)21/h3-8,16H,18-19H2,1-2H3,(H2,20,21). The van der Waals surface area contributed by atoms with Gasteiger partial charge in [0.2, 0.25) is 5.91 Å². The number of anilines is 2. The van der Waals surface area contributed by atoms with E-state index in [1.54, 1.807) is 0 Å². The van der Waals surface area contributed by atoms with E-state index >= 15 is 0 Å². The number of hydrogen-bond acceptors (Lipinski definition) is 3. The summed E-state index contributed by atoms with van der Waals surface area (Å²) in [5.74, 6) is -0.624. The number of rotatable bonds is 2. The Bertz CT molecular complexity index is 750. The maximum Gasteiger partial charge on any atom is 0.229 e. The number of fused-ring (bicyclic) bond motifs is 3. The van der Waals surface area contributed by atoms with E-state index in [1.807, 2.05) is 30.3 Å². The summed E-state index contributed by atoms with van der Waals surface area (Å²) in [5.41, 5.74) is 23.9. The SMILES string of the molecule is CC(C)c1c(N)ccc2c1C(C(N)=O)c1cc(N)ccc1-2. The highest BCUT2D eigenvalue weighted by molar-refractivity contribution is 5.97. The molecule has 0 saturated heterocycles. The first-order valence-electron chi connectivity index (χ1n) is 7.03. The van der Waals surface area contributed by atoms with Crippen LogP contribution in [0.5, 0.6) is 0 Å². The number of benzene rings is 2. The Morgan fingerprint density at radius 1 is 1.10 bits per heavy atom. The zero-order valence-electron chi connectivity index (χ0n) is 12.2. The van der Waals surface area contributed by atoms with E-state index in [1.165, 1.54) is 0 Å². The molecule has 0 aromatic heterocycles. The molecule has 0 spiro atoms. The summed E-state index contributed by atoms with van der Waals surface area (Å²) in [5, 5.41) is 0. The van der Waals surface area contributed by atoms with E-state index in [9.17, 15) is 4.79 Å². The van der Waals surface area contributed by atoms with Crippen molar-refractivity contribution in [2.45, 2.75) is 25.7 Å². The number of primary amides is 1. The van der Waals surface area contributed by atoms with E-state index < -0.39 is 5.92 Å². The maximum absolute atomic E-state index is 12.1. The third kappa shape index (κ3) is 1.87. The van der Waals surface area contributed by atoms with Gasteiger partial charge >= 0.3 is 0 Å². The van der Waals surface area contributed by atoms with Gasteiger partial charge in [0.1, 0.15) is 0 Å². The lowest BCUT2D eigenvalue weighted by atomic mass is 9.86. The van der Waals surface area contributed by atoms with Gasteiger partial charge in [-0.15, -0.1) is 0 Å². The zero-order valence-corrected chi connectivity index (χ0v) is 12.2. The van der Waals surface area contributed by atoms with Crippen LogP contribution >= 0.6 is 0 Å². The van der Waals surface area contributed by atoms with Gasteiger partial charge in [-0.25, -0.2) is 0 Å². The Morgan fingerprint density at radius 3 is 2.38 bits per heavy atom. The molecule has 1 atom stereocenters. The van der Waals surface area contributed by atoms with Crippen molar-refractivity contribution in [1.82, 2.24) is 0 Å². The predicted molar refractivity (Wildman–Crippen MR) is 85.8 cm³/mol. The molecule has 0 saturated carbocycles. The second-order valence-corrected chi connectivity index (χ2v) is 5.87.